The van der Waals surface area contributed by atoms with E-state index in [1.54, 1.807) is 0 Å². The maximum Gasteiger partial charge on any atom is 0.303 e. The largest absolute Gasteiger partial charge is 0.457 e. The Bertz CT molecular complexity index is 299. The van der Waals surface area contributed by atoms with Crippen molar-refractivity contribution in [3.8, 4) is 0 Å². The SMILES string of the molecule is CC(=O)OC1[C@H]2OC3OC([C@@H]2O)[C@H](O)[C@H]1O3. The molecule has 0 aromatic heterocycles. The molecule has 4 bridgehead atoms. The number of hydrogen-bond acceptors (Lipinski definition) is 7. The lowest BCUT2D eigenvalue weighted by Crippen LogP contribution is -2.75. The molecule has 4 aliphatic rings. The molecule has 0 radical (unpaired) electrons. The van der Waals surface area contributed by atoms with Gasteiger partial charge >= 0.3 is 5.97 Å². The van der Waals surface area contributed by atoms with E-state index in [4.69, 9.17) is 18.9 Å². The van der Waals surface area contributed by atoms with Crippen molar-refractivity contribution in [1.82, 2.24) is 0 Å². The van der Waals surface area contributed by atoms with Crippen molar-refractivity contribution in [1.29, 1.82) is 0 Å². The van der Waals surface area contributed by atoms with Gasteiger partial charge in [0.15, 0.2) is 6.10 Å². The lowest BCUT2D eigenvalue weighted by molar-refractivity contribution is -0.480. The number of aliphatic hydroxyl groups is 2. The fraction of sp³-hybridized carbons (Fsp3) is 0.889. The van der Waals surface area contributed by atoms with Crippen LogP contribution < -0.4 is 0 Å². The summed E-state index contributed by atoms with van der Waals surface area (Å²) in [7, 11) is 0. The second-order valence-corrected chi connectivity index (χ2v) is 4.15. The zero-order valence-corrected chi connectivity index (χ0v) is 8.48. The summed E-state index contributed by atoms with van der Waals surface area (Å²) in [6, 6.07) is 0. The smallest absolute Gasteiger partial charge is 0.303 e. The van der Waals surface area contributed by atoms with Crippen LogP contribution in [0.3, 0.4) is 0 Å². The molecule has 3 heterocycles. The van der Waals surface area contributed by atoms with Crippen molar-refractivity contribution >= 4 is 5.97 Å². The van der Waals surface area contributed by atoms with E-state index in [1.165, 1.54) is 6.92 Å². The number of aliphatic hydroxyl groups excluding tert-OH is 2. The molecule has 4 fully saturated rings. The molecule has 7 atom stereocenters. The zero-order valence-electron chi connectivity index (χ0n) is 8.48. The van der Waals surface area contributed by atoms with E-state index in [2.05, 4.69) is 0 Å². The van der Waals surface area contributed by atoms with Crippen LogP contribution in [0, 0.1) is 0 Å². The number of carbonyl (C=O) groups excluding carboxylic acids is 1. The Kier molecular flexibility index (Phi) is 2.20. The Morgan fingerprint density at radius 1 is 1.06 bits per heavy atom. The van der Waals surface area contributed by atoms with Crippen molar-refractivity contribution in [3.63, 3.8) is 0 Å². The highest BCUT2D eigenvalue weighted by molar-refractivity contribution is 5.66. The van der Waals surface area contributed by atoms with Crippen LogP contribution in [0.15, 0.2) is 0 Å². The van der Waals surface area contributed by atoms with Crippen LogP contribution in [0.25, 0.3) is 0 Å². The summed E-state index contributed by atoms with van der Waals surface area (Å²) >= 11 is 0. The van der Waals surface area contributed by atoms with Gasteiger partial charge in [0.05, 0.1) is 0 Å². The molecule has 2 N–H and O–H groups in total. The van der Waals surface area contributed by atoms with Crippen LogP contribution in [0.2, 0.25) is 0 Å². The second-order valence-electron chi connectivity index (χ2n) is 4.15. The molecule has 7 nitrogen and oxygen atoms in total. The quantitative estimate of drug-likeness (QED) is 0.511. The minimum absolute atomic E-state index is 0.509. The lowest BCUT2D eigenvalue weighted by atomic mass is 9.82. The maximum atomic E-state index is 10.9. The molecular formula is C9H12O7. The van der Waals surface area contributed by atoms with Gasteiger partial charge < -0.3 is 29.2 Å². The maximum absolute atomic E-state index is 10.9. The lowest BCUT2D eigenvalue weighted by Gasteiger charge is -2.56. The van der Waals surface area contributed by atoms with Crippen LogP contribution in [-0.4, -0.2) is 59.3 Å². The highest BCUT2D eigenvalue weighted by Crippen LogP contribution is 2.40. The van der Waals surface area contributed by atoms with Gasteiger partial charge in [0.2, 0.25) is 0 Å². The zero-order chi connectivity index (χ0) is 11.4. The molecular weight excluding hydrogens is 220 g/mol. The molecule has 0 amide bonds. The fourth-order valence-corrected chi connectivity index (χ4v) is 2.44. The Morgan fingerprint density at radius 3 is 2.06 bits per heavy atom. The first-order valence-electron chi connectivity index (χ1n) is 5.07. The van der Waals surface area contributed by atoms with Gasteiger partial charge in [-0.2, -0.15) is 0 Å². The fourth-order valence-electron chi connectivity index (χ4n) is 2.44. The van der Waals surface area contributed by atoms with Gasteiger partial charge in [-0.3, -0.25) is 4.79 Å². The molecule has 90 valence electrons. The molecule has 0 spiro atoms. The van der Waals surface area contributed by atoms with Crippen LogP contribution in [0.1, 0.15) is 6.92 Å². The first-order valence-corrected chi connectivity index (χ1v) is 5.07. The molecule has 3 unspecified atom stereocenters. The van der Waals surface area contributed by atoms with E-state index >= 15 is 0 Å². The summed E-state index contributed by atoms with van der Waals surface area (Å²) in [5.74, 6) is -0.509. The average Bonchev–Trinajstić information content (AvgIpc) is 2.23. The summed E-state index contributed by atoms with van der Waals surface area (Å²) in [6.45, 7) is 0.360. The predicted octanol–water partition coefficient (Wildman–Crippen LogP) is -1.88. The van der Waals surface area contributed by atoms with Crippen molar-refractivity contribution in [2.75, 3.05) is 0 Å². The Morgan fingerprint density at radius 2 is 1.56 bits per heavy atom. The molecule has 0 aromatic rings. The Balaban J connectivity index is 1.88. The normalized spacial score (nSPS) is 54.1. The molecule has 3 aliphatic heterocycles. The van der Waals surface area contributed by atoms with Crippen molar-refractivity contribution in [3.05, 3.63) is 0 Å². The van der Waals surface area contributed by atoms with Crippen molar-refractivity contribution in [2.45, 2.75) is 50.0 Å². The van der Waals surface area contributed by atoms with Crippen molar-refractivity contribution < 1.29 is 34.0 Å². The molecule has 4 rings (SSSR count). The monoisotopic (exact) mass is 232 g/mol. The van der Waals surface area contributed by atoms with Gasteiger partial charge in [-0.1, -0.05) is 0 Å². The molecule has 1 saturated carbocycles. The van der Waals surface area contributed by atoms with Crippen LogP contribution >= 0.6 is 0 Å². The number of hydrogen-bond donors (Lipinski definition) is 2. The van der Waals surface area contributed by atoms with Gasteiger partial charge in [0, 0.05) is 6.92 Å². The van der Waals surface area contributed by atoms with E-state index < -0.39 is 49.1 Å². The summed E-state index contributed by atoms with van der Waals surface area (Å²) in [4.78, 5) is 10.9. The van der Waals surface area contributed by atoms with E-state index in [-0.39, 0.29) is 0 Å². The van der Waals surface area contributed by atoms with E-state index in [1.807, 2.05) is 0 Å². The highest BCUT2D eigenvalue weighted by Gasteiger charge is 2.62. The molecule has 0 aromatic carbocycles. The topological polar surface area (TPSA) is 94.5 Å². The van der Waals surface area contributed by atoms with Crippen LogP contribution in [-0.2, 0) is 23.7 Å². The van der Waals surface area contributed by atoms with E-state index in [0.29, 0.717) is 0 Å². The minimum atomic E-state index is -1.02. The summed E-state index contributed by atoms with van der Waals surface area (Å²) < 4.78 is 20.5. The van der Waals surface area contributed by atoms with Gasteiger partial charge in [-0.05, 0) is 0 Å². The standard InChI is InChI=1S/C9H12O7/c1-2(10)13-8-6-3(11)5-4(12)7(8)16-9(14-5)15-6/h3-9,11-12H,1H3/t3-,4-,5?,6-,7+,8?,9?/m0/s1. The van der Waals surface area contributed by atoms with Crippen LogP contribution in [0.5, 0.6) is 0 Å². The third kappa shape index (κ3) is 1.30. The number of carbonyl (C=O) groups is 1. The number of esters is 1. The summed E-state index contributed by atoms with van der Waals surface area (Å²) in [5, 5.41) is 19.6. The first kappa shape index (κ1) is 10.4. The number of rotatable bonds is 1. The second kappa shape index (κ2) is 3.38. The average molecular weight is 232 g/mol. The Labute approximate surface area is 90.8 Å². The van der Waals surface area contributed by atoms with Crippen molar-refractivity contribution in [2.24, 2.45) is 0 Å². The first-order chi connectivity index (χ1) is 7.58. The molecule has 1 aliphatic carbocycles. The van der Waals surface area contributed by atoms with E-state index in [9.17, 15) is 15.0 Å². The van der Waals surface area contributed by atoms with Gasteiger partial charge in [-0.25, -0.2) is 0 Å². The molecule has 3 saturated heterocycles. The van der Waals surface area contributed by atoms with Gasteiger partial charge in [-0.15, -0.1) is 0 Å². The highest BCUT2D eigenvalue weighted by atomic mass is 16.9. The molecule has 7 heteroatoms. The van der Waals surface area contributed by atoms with E-state index in [0.717, 1.165) is 0 Å². The third-order valence-corrected chi connectivity index (χ3v) is 3.10. The summed E-state index contributed by atoms with van der Waals surface area (Å²) in [5.41, 5.74) is 0. The minimum Gasteiger partial charge on any atom is -0.457 e. The summed E-state index contributed by atoms with van der Waals surface area (Å²) in [6.07, 6.45) is -4.97. The Hall–Kier alpha value is -0.730. The third-order valence-electron chi connectivity index (χ3n) is 3.10. The van der Waals surface area contributed by atoms with Gasteiger partial charge in [0.25, 0.3) is 6.48 Å². The van der Waals surface area contributed by atoms with Gasteiger partial charge in [0.1, 0.15) is 30.5 Å². The predicted molar refractivity (Wildman–Crippen MR) is 46.0 cm³/mol. The molecule has 16 heavy (non-hydrogen) atoms. The number of ether oxygens (including phenoxy) is 4. The van der Waals surface area contributed by atoms with Crippen LogP contribution in [0.4, 0.5) is 0 Å².